The highest BCUT2D eigenvalue weighted by Crippen LogP contribution is 2.21. The van der Waals surface area contributed by atoms with Crippen molar-refractivity contribution in [3.05, 3.63) is 0 Å². The van der Waals surface area contributed by atoms with E-state index in [1.807, 2.05) is 11.8 Å². The predicted molar refractivity (Wildman–Crippen MR) is 73.5 cm³/mol. The van der Waals surface area contributed by atoms with Crippen molar-refractivity contribution in [2.45, 2.75) is 51.2 Å². The van der Waals surface area contributed by atoms with Crippen molar-refractivity contribution in [3.63, 3.8) is 0 Å². The second kappa shape index (κ2) is 6.92. The van der Waals surface area contributed by atoms with Crippen molar-refractivity contribution in [1.29, 1.82) is 0 Å². The van der Waals surface area contributed by atoms with Gasteiger partial charge in [-0.1, -0.05) is 0 Å². The lowest BCUT2D eigenvalue weighted by Gasteiger charge is -2.29. The highest BCUT2D eigenvalue weighted by atomic mass is 16.5. The van der Waals surface area contributed by atoms with Crippen LogP contribution in [0, 0.1) is 5.92 Å². The Morgan fingerprint density at radius 2 is 2.20 bits per heavy atom. The molecule has 0 spiro atoms. The van der Waals surface area contributed by atoms with Crippen molar-refractivity contribution < 1.29 is 19.4 Å². The lowest BCUT2D eigenvalue weighted by Crippen LogP contribution is -2.47. The maximum Gasteiger partial charge on any atom is 0.317 e. The van der Waals surface area contributed by atoms with Gasteiger partial charge in [0.1, 0.15) is 0 Å². The van der Waals surface area contributed by atoms with Crippen LogP contribution in [0.3, 0.4) is 0 Å². The highest BCUT2D eigenvalue weighted by Gasteiger charge is 2.28. The van der Waals surface area contributed by atoms with Gasteiger partial charge in [-0.15, -0.1) is 0 Å². The molecular weight excluding hydrogens is 260 g/mol. The molecule has 114 valence electrons. The highest BCUT2D eigenvalue weighted by molar-refractivity contribution is 5.74. The number of rotatable bonds is 4. The summed E-state index contributed by atoms with van der Waals surface area (Å²) in [4.78, 5) is 24.5. The number of nitrogens with one attached hydrogen (secondary N) is 1. The summed E-state index contributed by atoms with van der Waals surface area (Å²) in [5.41, 5.74) is 0. The van der Waals surface area contributed by atoms with Gasteiger partial charge in [-0.2, -0.15) is 0 Å². The molecule has 2 rings (SSSR count). The van der Waals surface area contributed by atoms with E-state index >= 15 is 0 Å². The van der Waals surface area contributed by atoms with Crippen LogP contribution < -0.4 is 5.32 Å². The zero-order valence-electron chi connectivity index (χ0n) is 12.0. The minimum Gasteiger partial charge on any atom is -0.481 e. The number of aliphatic carboxylic acids is 1. The number of hydrogen-bond donors (Lipinski definition) is 2. The number of nitrogens with zero attached hydrogens (tertiary/aromatic N) is 1. The van der Waals surface area contributed by atoms with Crippen LogP contribution in [-0.2, 0) is 9.53 Å². The normalized spacial score (nSPS) is 30.2. The van der Waals surface area contributed by atoms with E-state index < -0.39 is 5.97 Å². The first-order chi connectivity index (χ1) is 9.54. The summed E-state index contributed by atoms with van der Waals surface area (Å²) in [5.74, 6) is -0.436. The first-order valence-corrected chi connectivity index (χ1v) is 7.43. The fourth-order valence-corrected chi connectivity index (χ4v) is 2.98. The molecule has 0 aromatic carbocycles. The smallest absolute Gasteiger partial charge is 0.317 e. The van der Waals surface area contributed by atoms with Gasteiger partial charge in [0.15, 0.2) is 0 Å². The van der Waals surface area contributed by atoms with Gasteiger partial charge in [-0.3, -0.25) is 4.79 Å². The van der Waals surface area contributed by atoms with Gasteiger partial charge >= 0.3 is 12.0 Å². The first kappa shape index (κ1) is 15.1. The van der Waals surface area contributed by atoms with Gasteiger partial charge in [0, 0.05) is 32.2 Å². The Hall–Kier alpha value is -1.30. The van der Waals surface area contributed by atoms with Gasteiger partial charge in [0.05, 0.1) is 6.10 Å². The van der Waals surface area contributed by atoms with Gasteiger partial charge in [0.25, 0.3) is 0 Å². The molecule has 3 atom stereocenters. The molecule has 2 aliphatic rings. The topological polar surface area (TPSA) is 78.9 Å². The molecule has 6 nitrogen and oxygen atoms in total. The van der Waals surface area contributed by atoms with Gasteiger partial charge in [0.2, 0.25) is 0 Å². The van der Waals surface area contributed by atoms with E-state index in [2.05, 4.69) is 5.32 Å². The van der Waals surface area contributed by atoms with E-state index in [0.29, 0.717) is 25.5 Å². The number of hydrogen-bond acceptors (Lipinski definition) is 3. The third-order valence-corrected chi connectivity index (χ3v) is 4.15. The van der Waals surface area contributed by atoms with Crippen LogP contribution in [-0.4, -0.2) is 53.8 Å². The van der Waals surface area contributed by atoms with Gasteiger partial charge in [-0.05, 0) is 38.5 Å². The predicted octanol–water partition coefficient (Wildman–Crippen LogP) is 1.45. The van der Waals surface area contributed by atoms with Crippen LogP contribution in [0.25, 0.3) is 0 Å². The molecular formula is C14H24N2O4. The van der Waals surface area contributed by atoms with E-state index in [4.69, 9.17) is 9.84 Å². The molecule has 20 heavy (non-hydrogen) atoms. The average molecular weight is 284 g/mol. The van der Waals surface area contributed by atoms with Crippen molar-refractivity contribution in [2.75, 3.05) is 19.7 Å². The molecule has 6 heteroatoms. The quantitative estimate of drug-likeness (QED) is 0.819. The molecule has 2 aliphatic heterocycles. The summed E-state index contributed by atoms with van der Waals surface area (Å²) in [5, 5.41) is 11.8. The lowest BCUT2D eigenvalue weighted by molar-refractivity contribution is -0.137. The lowest BCUT2D eigenvalue weighted by atomic mass is 10.0. The number of carbonyl (C=O) groups excluding carboxylic acids is 1. The number of carbonyl (C=O) groups is 2. The van der Waals surface area contributed by atoms with Crippen LogP contribution in [0.2, 0.25) is 0 Å². The molecule has 2 fully saturated rings. The van der Waals surface area contributed by atoms with Crippen LogP contribution in [0.15, 0.2) is 0 Å². The monoisotopic (exact) mass is 284 g/mol. The molecule has 2 N–H and O–H groups in total. The SMILES string of the molecule is CC1CC(NC(=O)N2CCC(CCC(=O)O)C2)CCO1. The Bertz CT molecular complexity index is 361. The van der Waals surface area contributed by atoms with E-state index in [9.17, 15) is 9.59 Å². The van der Waals surface area contributed by atoms with E-state index in [-0.39, 0.29) is 24.6 Å². The third kappa shape index (κ3) is 4.37. The van der Waals surface area contributed by atoms with Crippen LogP contribution >= 0.6 is 0 Å². The Balaban J connectivity index is 1.72. The van der Waals surface area contributed by atoms with Gasteiger partial charge < -0.3 is 20.1 Å². The minimum absolute atomic E-state index is 0.0121. The third-order valence-electron chi connectivity index (χ3n) is 4.15. The van der Waals surface area contributed by atoms with Crippen molar-refractivity contribution in [1.82, 2.24) is 10.2 Å². The summed E-state index contributed by atoms with van der Waals surface area (Å²) in [6.07, 6.45) is 3.69. The van der Waals surface area contributed by atoms with E-state index in [1.54, 1.807) is 0 Å². The summed E-state index contributed by atoms with van der Waals surface area (Å²) in [6.45, 7) is 4.14. The second-order valence-corrected chi connectivity index (χ2v) is 5.89. The standard InChI is InChI=1S/C14H24N2O4/c1-10-8-12(5-7-20-10)15-14(19)16-6-4-11(9-16)2-3-13(17)18/h10-12H,2-9H2,1H3,(H,15,19)(H,17,18). The maximum absolute atomic E-state index is 12.2. The van der Waals surface area contributed by atoms with E-state index in [1.165, 1.54) is 0 Å². The summed E-state index contributed by atoms with van der Waals surface area (Å²) >= 11 is 0. The van der Waals surface area contributed by atoms with Gasteiger partial charge in [-0.25, -0.2) is 4.79 Å². The van der Waals surface area contributed by atoms with Crippen LogP contribution in [0.4, 0.5) is 4.79 Å². The molecule has 0 aromatic rings. The van der Waals surface area contributed by atoms with Crippen LogP contribution in [0.5, 0.6) is 0 Å². The molecule has 0 aliphatic carbocycles. The zero-order valence-corrected chi connectivity index (χ0v) is 12.0. The Morgan fingerprint density at radius 1 is 1.40 bits per heavy atom. The van der Waals surface area contributed by atoms with E-state index in [0.717, 1.165) is 25.8 Å². The maximum atomic E-state index is 12.2. The fourth-order valence-electron chi connectivity index (χ4n) is 2.98. The Kier molecular flexibility index (Phi) is 5.23. The molecule has 2 amide bonds. The molecule has 2 heterocycles. The summed E-state index contributed by atoms with van der Waals surface area (Å²) < 4.78 is 5.47. The molecule has 0 saturated carbocycles. The number of carboxylic acid groups (broad SMARTS) is 1. The molecule has 3 unspecified atom stereocenters. The number of amides is 2. The largest absolute Gasteiger partial charge is 0.481 e. The average Bonchev–Trinajstić information content (AvgIpc) is 2.85. The Labute approximate surface area is 119 Å². The molecule has 2 saturated heterocycles. The number of carboxylic acids is 1. The molecule has 0 bridgehead atoms. The molecule has 0 aromatic heterocycles. The Morgan fingerprint density at radius 3 is 2.90 bits per heavy atom. The van der Waals surface area contributed by atoms with Crippen LogP contribution in [0.1, 0.15) is 39.0 Å². The minimum atomic E-state index is -0.760. The second-order valence-electron chi connectivity index (χ2n) is 5.89. The number of urea groups is 1. The fraction of sp³-hybridized carbons (Fsp3) is 0.857. The number of ether oxygens (including phenoxy) is 1. The van der Waals surface area contributed by atoms with Crippen molar-refractivity contribution in [3.8, 4) is 0 Å². The number of likely N-dealkylation sites (tertiary alicyclic amines) is 1. The summed E-state index contributed by atoms with van der Waals surface area (Å²) in [6, 6.07) is 0.186. The molecule has 0 radical (unpaired) electrons. The summed E-state index contributed by atoms with van der Waals surface area (Å²) in [7, 11) is 0. The first-order valence-electron chi connectivity index (χ1n) is 7.43. The van der Waals surface area contributed by atoms with Crippen molar-refractivity contribution in [2.24, 2.45) is 5.92 Å². The van der Waals surface area contributed by atoms with Crippen molar-refractivity contribution >= 4 is 12.0 Å². The zero-order chi connectivity index (χ0) is 14.5.